The number of anilines is 2. The average molecular weight is 297 g/mol. The first-order valence-corrected chi connectivity index (χ1v) is 6.56. The van der Waals surface area contributed by atoms with Gasteiger partial charge in [0.2, 0.25) is 0 Å². The highest BCUT2D eigenvalue weighted by Crippen LogP contribution is 2.33. The van der Waals surface area contributed by atoms with Crippen LogP contribution in [0.5, 0.6) is 0 Å². The van der Waals surface area contributed by atoms with E-state index < -0.39 is 0 Å². The summed E-state index contributed by atoms with van der Waals surface area (Å²) in [5.41, 5.74) is 6.26. The molecule has 1 aliphatic rings. The van der Waals surface area contributed by atoms with E-state index in [0.29, 0.717) is 23.9 Å². The van der Waals surface area contributed by atoms with Crippen LogP contribution in [0.4, 0.5) is 17.3 Å². The van der Waals surface area contributed by atoms with Gasteiger partial charge in [-0.2, -0.15) is 0 Å². The molecule has 1 fully saturated rings. The van der Waals surface area contributed by atoms with Gasteiger partial charge < -0.3 is 25.2 Å². The van der Waals surface area contributed by atoms with Crippen molar-refractivity contribution < 1.29 is 14.6 Å². The Labute approximate surface area is 124 Å². The molecule has 21 heavy (non-hydrogen) atoms. The highest BCUT2D eigenvalue weighted by molar-refractivity contribution is 5.74. The number of aliphatic imine (C=N–C) groups is 1. The SMILES string of the molecule is C=Nc1c(N)ncnc1N(C)C1CCC(COC)O1.CO. The summed E-state index contributed by atoms with van der Waals surface area (Å²) in [5, 5.41) is 7.00. The van der Waals surface area contributed by atoms with Crippen LogP contribution in [0.2, 0.25) is 0 Å². The Morgan fingerprint density at radius 1 is 1.52 bits per heavy atom. The van der Waals surface area contributed by atoms with E-state index in [4.69, 9.17) is 20.3 Å². The van der Waals surface area contributed by atoms with Gasteiger partial charge in [0, 0.05) is 21.3 Å². The number of aliphatic hydroxyl groups excluding tert-OH is 1. The molecule has 0 amide bonds. The van der Waals surface area contributed by atoms with Crippen molar-refractivity contribution in [2.45, 2.75) is 25.2 Å². The average Bonchev–Trinajstić information content (AvgIpc) is 2.97. The second-order valence-electron chi connectivity index (χ2n) is 4.45. The van der Waals surface area contributed by atoms with Crippen LogP contribution in [-0.4, -0.2) is 62.0 Å². The number of hydrogen-bond acceptors (Lipinski definition) is 8. The van der Waals surface area contributed by atoms with Crippen LogP contribution in [0.3, 0.4) is 0 Å². The summed E-state index contributed by atoms with van der Waals surface area (Å²) in [5.74, 6) is 0.948. The van der Waals surface area contributed by atoms with E-state index >= 15 is 0 Å². The third kappa shape index (κ3) is 4.10. The molecule has 8 nitrogen and oxygen atoms in total. The van der Waals surface area contributed by atoms with Crippen molar-refractivity contribution >= 4 is 24.0 Å². The number of methoxy groups -OCH3 is 1. The fourth-order valence-corrected chi connectivity index (χ4v) is 2.21. The van der Waals surface area contributed by atoms with Gasteiger partial charge >= 0.3 is 0 Å². The summed E-state index contributed by atoms with van der Waals surface area (Å²) < 4.78 is 11.0. The molecule has 2 rings (SSSR count). The zero-order valence-corrected chi connectivity index (χ0v) is 12.7. The Morgan fingerprint density at radius 3 is 2.86 bits per heavy atom. The summed E-state index contributed by atoms with van der Waals surface area (Å²) in [7, 11) is 4.57. The van der Waals surface area contributed by atoms with Gasteiger partial charge in [-0.15, -0.1) is 0 Å². The highest BCUT2D eigenvalue weighted by atomic mass is 16.5. The lowest BCUT2D eigenvalue weighted by atomic mass is 10.2. The lowest BCUT2D eigenvalue weighted by Gasteiger charge is -2.26. The number of rotatable bonds is 5. The topological polar surface area (TPSA) is 106 Å². The minimum absolute atomic E-state index is 0.0602. The number of nitrogens with zero attached hydrogens (tertiary/aromatic N) is 4. The van der Waals surface area contributed by atoms with Crippen LogP contribution in [-0.2, 0) is 9.47 Å². The van der Waals surface area contributed by atoms with Crippen LogP contribution >= 0.6 is 0 Å². The fraction of sp³-hybridized carbons (Fsp3) is 0.615. The van der Waals surface area contributed by atoms with E-state index in [9.17, 15) is 0 Å². The molecule has 1 aromatic rings. The molecule has 0 aromatic carbocycles. The van der Waals surface area contributed by atoms with Crippen LogP contribution in [0.1, 0.15) is 12.8 Å². The van der Waals surface area contributed by atoms with Crippen molar-refractivity contribution in [2.75, 3.05) is 38.5 Å². The van der Waals surface area contributed by atoms with E-state index in [1.165, 1.54) is 6.33 Å². The molecule has 2 heterocycles. The number of aromatic nitrogens is 2. The van der Waals surface area contributed by atoms with Gasteiger partial charge in [-0.25, -0.2) is 9.97 Å². The molecule has 8 heteroatoms. The third-order valence-electron chi connectivity index (χ3n) is 3.19. The van der Waals surface area contributed by atoms with Crippen molar-refractivity contribution in [1.29, 1.82) is 0 Å². The lowest BCUT2D eigenvalue weighted by molar-refractivity contribution is -0.000719. The zero-order valence-electron chi connectivity index (χ0n) is 12.7. The second kappa shape index (κ2) is 8.50. The standard InChI is InChI=1S/C12H19N5O2.CH4O/c1-14-10-11(13)15-7-16-12(10)17(2)9-5-4-8(19-9)6-18-3;1-2/h7-9H,1,4-6H2,2-3H3,(H2,13,15,16);2H,1H3. The van der Waals surface area contributed by atoms with Gasteiger partial charge in [0.25, 0.3) is 0 Å². The van der Waals surface area contributed by atoms with Crippen LogP contribution in [0.15, 0.2) is 11.3 Å². The first kappa shape index (κ1) is 17.3. The fourth-order valence-electron chi connectivity index (χ4n) is 2.21. The van der Waals surface area contributed by atoms with Crippen molar-refractivity contribution in [3.05, 3.63) is 6.33 Å². The zero-order chi connectivity index (χ0) is 15.8. The predicted molar refractivity (Wildman–Crippen MR) is 82.0 cm³/mol. The molecule has 2 unspecified atom stereocenters. The lowest BCUT2D eigenvalue weighted by Crippen LogP contribution is -2.33. The maximum atomic E-state index is 7.00. The maximum absolute atomic E-state index is 7.00. The van der Waals surface area contributed by atoms with E-state index in [-0.39, 0.29) is 12.3 Å². The molecule has 3 N–H and O–H groups in total. The number of hydrogen-bond donors (Lipinski definition) is 2. The normalized spacial score (nSPS) is 20.6. The molecule has 1 aliphatic heterocycles. The summed E-state index contributed by atoms with van der Waals surface area (Å²) in [4.78, 5) is 13.9. The molecule has 0 saturated carbocycles. The molecule has 0 aliphatic carbocycles. The Hall–Kier alpha value is -1.77. The molecule has 0 bridgehead atoms. The van der Waals surface area contributed by atoms with Gasteiger partial charge in [-0.1, -0.05) is 0 Å². The summed E-state index contributed by atoms with van der Waals surface area (Å²) in [6.45, 7) is 4.11. The van der Waals surface area contributed by atoms with Crippen molar-refractivity contribution in [3.8, 4) is 0 Å². The van der Waals surface area contributed by atoms with E-state index in [1.54, 1.807) is 7.11 Å². The van der Waals surface area contributed by atoms with Crippen LogP contribution < -0.4 is 10.6 Å². The first-order chi connectivity index (χ1) is 10.2. The smallest absolute Gasteiger partial charge is 0.161 e. The van der Waals surface area contributed by atoms with Gasteiger partial charge in [-0.05, 0) is 19.6 Å². The highest BCUT2D eigenvalue weighted by Gasteiger charge is 2.30. The van der Waals surface area contributed by atoms with Crippen LogP contribution in [0.25, 0.3) is 0 Å². The Morgan fingerprint density at radius 2 is 2.24 bits per heavy atom. The quantitative estimate of drug-likeness (QED) is 0.766. The van der Waals surface area contributed by atoms with E-state index in [1.807, 2.05) is 11.9 Å². The summed E-state index contributed by atoms with van der Waals surface area (Å²) in [6.07, 6.45) is 3.34. The molecular formula is C13H23N5O3. The summed E-state index contributed by atoms with van der Waals surface area (Å²) >= 11 is 0. The number of nitrogens with two attached hydrogens (primary N) is 1. The van der Waals surface area contributed by atoms with E-state index in [2.05, 4.69) is 21.7 Å². The molecule has 2 atom stereocenters. The third-order valence-corrected chi connectivity index (χ3v) is 3.19. The molecule has 1 saturated heterocycles. The molecule has 1 aromatic heterocycles. The Balaban J connectivity index is 0.00000106. The van der Waals surface area contributed by atoms with Crippen molar-refractivity contribution in [2.24, 2.45) is 4.99 Å². The Bertz CT molecular complexity index is 457. The predicted octanol–water partition coefficient (Wildman–Crippen LogP) is 0.587. The number of aliphatic hydroxyl groups is 1. The van der Waals surface area contributed by atoms with Crippen molar-refractivity contribution in [1.82, 2.24) is 9.97 Å². The number of ether oxygens (including phenoxy) is 2. The molecule has 0 spiro atoms. The van der Waals surface area contributed by atoms with Gasteiger partial charge in [0.05, 0.1) is 12.7 Å². The minimum Gasteiger partial charge on any atom is -0.400 e. The number of nitrogen functional groups attached to an aromatic ring is 1. The second-order valence-corrected chi connectivity index (χ2v) is 4.45. The largest absolute Gasteiger partial charge is 0.400 e. The molecular weight excluding hydrogens is 274 g/mol. The van der Waals surface area contributed by atoms with Gasteiger partial charge in [0.15, 0.2) is 11.6 Å². The maximum Gasteiger partial charge on any atom is 0.161 e. The summed E-state index contributed by atoms with van der Waals surface area (Å²) in [6, 6.07) is 0. The Kier molecular flexibility index (Phi) is 7.00. The van der Waals surface area contributed by atoms with Gasteiger partial charge in [-0.3, -0.25) is 4.99 Å². The first-order valence-electron chi connectivity index (χ1n) is 6.56. The van der Waals surface area contributed by atoms with Crippen molar-refractivity contribution in [3.63, 3.8) is 0 Å². The minimum atomic E-state index is -0.0602. The van der Waals surface area contributed by atoms with Crippen LogP contribution in [0, 0.1) is 0 Å². The molecule has 0 radical (unpaired) electrons. The van der Waals surface area contributed by atoms with E-state index in [0.717, 1.165) is 20.0 Å². The molecule has 118 valence electrons. The van der Waals surface area contributed by atoms with Gasteiger partial charge in [0.1, 0.15) is 18.2 Å². The monoisotopic (exact) mass is 297 g/mol.